The number of hydrogen-bond acceptors (Lipinski definition) is 3. The number of aliphatic hydroxyl groups is 1. The highest BCUT2D eigenvalue weighted by molar-refractivity contribution is 5.31. The Morgan fingerprint density at radius 2 is 1.73 bits per heavy atom. The van der Waals surface area contributed by atoms with E-state index in [2.05, 4.69) is 0 Å². The van der Waals surface area contributed by atoms with Crippen LogP contribution in [0, 0.1) is 29.6 Å². The molecule has 0 saturated heterocycles. The lowest BCUT2D eigenvalue weighted by Gasteiger charge is -2.16. The molecule has 15 heavy (non-hydrogen) atoms. The first kappa shape index (κ1) is 11.2. The number of hydrogen-bond donors (Lipinski definition) is 1. The Morgan fingerprint density at radius 3 is 2.13 bits per heavy atom. The van der Waals surface area contributed by atoms with E-state index in [4.69, 9.17) is 10.5 Å². The van der Waals surface area contributed by atoms with Gasteiger partial charge in [-0.25, -0.2) is 4.39 Å². The Labute approximate surface area is 87.0 Å². The summed E-state index contributed by atoms with van der Waals surface area (Å²) in [5, 5.41) is 26.3. The van der Waals surface area contributed by atoms with E-state index in [1.54, 1.807) is 12.1 Å². The molecule has 1 unspecified atom stereocenters. The summed E-state index contributed by atoms with van der Waals surface area (Å²) in [5.74, 6) is 0. The van der Waals surface area contributed by atoms with Crippen molar-refractivity contribution in [3.05, 3.63) is 35.4 Å². The van der Waals surface area contributed by atoms with Crippen molar-refractivity contribution in [2.45, 2.75) is 18.7 Å². The van der Waals surface area contributed by atoms with Gasteiger partial charge in [0, 0.05) is 0 Å². The highest BCUT2D eigenvalue weighted by Gasteiger charge is 2.39. The summed E-state index contributed by atoms with van der Waals surface area (Å²) in [4.78, 5) is 0. The third-order valence-electron chi connectivity index (χ3n) is 2.08. The number of alkyl halides is 1. The van der Waals surface area contributed by atoms with Crippen molar-refractivity contribution >= 4 is 0 Å². The smallest absolute Gasteiger partial charge is 0.274 e. The molecule has 0 heterocycles. The lowest BCUT2D eigenvalue weighted by atomic mass is 9.95. The molecule has 0 aliphatic heterocycles. The van der Waals surface area contributed by atoms with E-state index in [0.717, 1.165) is 5.56 Å². The minimum Gasteiger partial charge on any atom is -0.362 e. The first-order valence-corrected chi connectivity index (χ1v) is 4.29. The van der Waals surface area contributed by atoms with Gasteiger partial charge in [-0.15, -0.1) is 0 Å². The zero-order chi connectivity index (χ0) is 11.5. The Kier molecular flexibility index (Phi) is 3.04. The van der Waals surface area contributed by atoms with Crippen molar-refractivity contribution < 1.29 is 9.50 Å². The van der Waals surface area contributed by atoms with Crippen molar-refractivity contribution in [2.24, 2.45) is 0 Å². The van der Waals surface area contributed by atoms with E-state index in [1.165, 1.54) is 24.3 Å². The monoisotopic (exact) mass is 204 g/mol. The van der Waals surface area contributed by atoms with Gasteiger partial charge in [0.25, 0.3) is 5.60 Å². The molecule has 76 valence electrons. The van der Waals surface area contributed by atoms with Crippen LogP contribution in [0.2, 0.25) is 0 Å². The van der Waals surface area contributed by atoms with Gasteiger partial charge in [0.2, 0.25) is 0 Å². The van der Waals surface area contributed by atoms with E-state index >= 15 is 0 Å². The van der Waals surface area contributed by atoms with Crippen molar-refractivity contribution in [1.29, 1.82) is 10.5 Å². The third-order valence-corrected chi connectivity index (χ3v) is 2.08. The Hall–Kier alpha value is -1.91. The van der Waals surface area contributed by atoms with E-state index < -0.39 is 11.8 Å². The number of nitriles is 2. The highest BCUT2D eigenvalue weighted by Crippen LogP contribution is 2.29. The van der Waals surface area contributed by atoms with Crippen LogP contribution in [0.25, 0.3) is 0 Å². The summed E-state index contributed by atoms with van der Waals surface area (Å²) in [5.41, 5.74) is -1.57. The zero-order valence-corrected chi connectivity index (χ0v) is 8.11. The van der Waals surface area contributed by atoms with Crippen molar-refractivity contribution in [3.8, 4) is 12.1 Å². The van der Waals surface area contributed by atoms with E-state index in [9.17, 15) is 9.50 Å². The standard InChI is InChI=1S/C11H9FN2O/c1-8-2-4-9(5-3-8)10(12)11(15,6-13)7-14/h2-5,10,15H,1H3. The van der Waals surface area contributed by atoms with Crippen LogP contribution in [0.3, 0.4) is 0 Å². The topological polar surface area (TPSA) is 67.8 Å². The van der Waals surface area contributed by atoms with Crippen LogP contribution < -0.4 is 0 Å². The first-order valence-electron chi connectivity index (χ1n) is 4.29. The molecular formula is C11H9FN2O. The molecule has 4 heteroatoms. The second-order valence-corrected chi connectivity index (χ2v) is 3.26. The first-order chi connectivity index (χ1) is 7.03. The van der Waals surface area contributed by atoms with Gasteiger partial charge >= 0.3 is 0 Å². The minimum absolute atomic E-state index is 0.117. The average molecular weight is 204 g/mol. The van der Waals surface area contributed by atoms with Crippen LogP contribution in [-0.4, -0.2) is 10.7 Å². The molecule has 0 spiro atoms. The normalized spacial score (nSPS) is 12.6. The molecule has 1 aromatic rings. The molecule has 1 N–H and O–H groups in total. The van der Waals surface area contributed by atoms with Gasteiger partial charge in [0.15, 0.2) is 6.17 Å². The van der Waals surface area contributed by atoms with Crippen LogP contribution in [-0.2, 0) is 0 Å². The fourth-order valence-corrected chi connectivity index (χ4v) is 1.11. The van der Waals surface area contributed by atoms with E-state index in [-0.39, 0.29) is 5.56 Å². The fourth-order valence-electron chi connectivity index (χ4n) is 1.11. The summed E-state index contributed by atoms with van der Waals surface area (Å²) >= 11 is 0. The van der Waals surface area contributed by atoms with Gasteiger partial charge in [-0.1, -0.05) is 29.8 Å². The molecular weight excluding hydrogens is 195 g/mol. The molecule has 0 aliphatic rings. The van der Waals surface area contributed by atoms with Gasteiger partial charge in [0.05, 0.1) is 0 Å². The Balaban J connectivity index is 3.06. The number of nitrogens with zero attached hydrogens (tertiary/aromatic N) is 2. The SMILES string of the molecule is Cc1ccc(C(F)C(O)(C#N)C#N)cc1. The lowest BCUT2D eigenvalue weighted by Crippen LogP contribution is -2.30. The van der Waals surface area contributed by atoms with Crippen LogP contribution in [0.4, 0.5) is 4.39 Å². The molecule has 1 rings (SSSR count). The van der Waals surface area contributed by atoms with Gasteiger partial charge < -0.3 is 5.11 Å². The number of rotatable bonds is 2. The largest absolute Gasteiger partial charge is 0.362 e. The second kappa shape index (κ2) is 4.08. The second-order valence-electron chi connectivity index (χ2n) is 3.26. The molecule has 0 radical (unpaired) electrons. The van der Waals surface area contributed by atoms with Gasteiger partial charge in [-0.2, -0.15) is 10.5 Å². The maximum Gasteiger partial charge on any atom is 0.274 e. The quantitative estimate of drug-likeness (QED) is 0.746. The number of halogens is 1. The van der Waals surface area contributed by atoms with Crippen LogP contribution >= 0.6 is 0 Å². The highest BCUT2D eigenvalue weighted by atomic mass is 19.1. The number of benzene rings is 1. The van der Waals surface area contributed by atoms with Gasteiger partial charge in [0.1, 0.15) is 12.1 Å². The summed E-state index contributed by atoms with van der Waals surface area (Å²) in [7, 11) is 0. The van der Waals surface area contributed by atoms with E-state index in [0.29, 0.717) is 0 Å². The summed E-state index contributed by atoms with van der Waals surface area (Å²) in [6.07, 6.45) is -2.02. The van der Waals surface area contributed by atoms with Crippen LogP contribution in [0.1, 0.15) is 17.3 Å². The fraction of sp³-hybridized carbons (Fsp3) is 0.273. The van der Waals surface area contributed by atoms with Gasteiger partial charge in [-0.05, 0) is 12.5 Å². The molecule has 0 aliphatic carbocycles. The number of aryl methyl sites for hydroxylation is 1. The minimum atomic E-state index is -2.62. The Morgan fingerprint density at radius 1 is 1.27 bits per heavy atom. The molecule has 0 aromatic heterocycles. The van der Waals surface area contributed by atoms with Crippen molar-refractivity contribution in [2.75, 3.05) is 0 Å². The third kappa shape index (κ3) is 2.12. The van der Waals surface area contributed by atoms with Crippen LogP contribution in [0.5, 0.6) is 0 Å². The molecule has 0 saturated carbocycles. The maximum absolute atomic E-state index is 13.6. The van der Waals surface area contributed by atoms with Crippen LogP contribution in [0.15, 0.2) is 24.3 Å². The van der Waals surface area contributed by atoms with Crippen molar-refractivity contribution in [3.63, 3.8) is 0 Å². The average Bonchev–Trinajstić information content (AvgIpc) is 2.28. The lowest BCUT2D eigenvalue weighted by molar-refractivity contribution is 0.0611. The zero-order valence-electron chi connectivity index (χ0n) is 8.11. The van der Waals surface area contributed by atoms with Crippen molar-refractivity contribution in [1.82, 2.24) is 0 Å². The van der Waals surface area contributed by atoms with Gasteiger partial charge in [-0.3, -0.25) is 0 Å². The predicted molar refractivity (Wildman–Crippen MR) is 51.2 cm³/mol. The molecule has 3 nitrogen and oxygen atoms in total. The summed E-state index contributed by atoms with van der Waals surface area (Å²) in [6.45, 7) is 1.83. The molecule has 1 aromatic carbocycles. The molecule has 0 fully saturated rings. The van der Waals surface area contributed by atoms with E-state index in [1.807, 2.05) is 6.92 Å². The predicted octanol–water partition coefficient (Wildman–Crippen LogP) is 1.78. The summed E-state index contributed by atoms with van der Waals surface area (Å²) < 4.78 is 13.6. The molecule has 0 bridgehead atoms. The summed E-state index contributed by atoms with van der Waals surface area (Å²) in [6, 6.07) is 8.71. The molecule has 0 amide bonds. The molecule has 1 atom stereocenters. The Bertz CT molecular complexity index is 413. The maximum atomic E-state index is 13.6.